The third kappa shape index (κ3) is 6.05. The van der Waals surface area contributed by atoms with Crippen molar-refractivity contribution in [1.82, 2.24) is 10.6 Å². The molecule has 1 heterocycles. The van der Waals surface area contributed by atoms with Crippen LogP contribution in [0.15, 0.2) is 18.2 Å². The maximum absolute atomic E-state index is 9.45. The lowest BCUT2D eigenvalue weighted by Crippen LogP contribution is -3.05. The molecule has 2 aromatic rings. The minimum absolute atomic E-state index is 0.609. The quantitative estimate of drug-likeness (QED) is 0.394. The number of nitrogens with zero attached hydrogens (tertiary/aromatic N) is 1. The summed E-state index contributed by atoms with van der Waals surface area (Å²) in [6.07, 6.45) is 1.08. The van der Waals surface area contributed by atoms with Crippen LogP contribution in [0.1, 0.15) is 23.1 Å². The van der Waals surface area contributed by atoms with E-state index in [9.17, 15) is 5.26 Å². The Bertz CT molecular complexity index is 840. The summed E-state index contributed by atoms with van der Waals surface area (Å²) in [5.74, 6) is 0.744. The van der Waals surface area contributed by atoms with Gasteiger partial charge in [-0.15, -0.1) is 0 Å². The van der Waals surface area contributed by atoms with Gasteiger partial charge in [-0.1, -0.05) is 12.1 Å². The number of thiocarbonyl (C=S) groups is 1. The zero-order valence-electron chi connectivity index (χ0n) is 16.6. The molecule has 2 rings (SSSR count). The van der Waals surface area contributed by atoms with Crippen LogP contribution in [-0.4, -0.2) is 45.4 Å². The summed E-state index contributed by atoms with van der Waals surface area (Å²) in [6, 6.07) is 8.31. The Morgan fingerprint density at radius 3 is 2.63 bits per heavy atom. The van der Waals surface area contributed by atoms with Gasteiger partial charge in [0.05, 0.1) is 27.2 Å². The number of aromatic nitrogens is 1. The maximum atomic E-state index is 9.45. The average Bonchev–Trinajstić information content (AvgIpc) is 2.65. The summed E-state index contributed by atoms with van der Waals surface area (Å²) in [5.41, 5.74) is 4.09. The van der Waals surface area contributed by atoms with Gasteiger partial charge in [0.25, 0.3) is 5.82 Å². The molecule has 7 heteroatoms. The highest BCUT2D eigenvalue weighted by Crippen LogP contribution is 2.21. The number of hydrogen-bond acceptors (Lipinski definition) is 3. The third-order valence-electron chi connectivity index (χ3n) is 4.56. The highest BCUT2D eigenvalue weighted by molar-refractivity contribution is 7.80. The summed E-state index contributed by atoms with van der Waals surface area (Å²) in [4.78, 5) is 4.82. The molecule has 6 nitrogen and oxygen atoms in total. The number of H-pyrrole nitrogens is 1. The minimum atomic E-state index is 0.609. The smallest absolute Gasteiger partial charge is 0.290 e. The first-order chi connectivity index (χ1) is 12.9. The molecular formula is C20H30N6S+2. The number of quaternary nitrogens is 1. The zero-order chi connectivity index (χ0) is 19.8. The van der Waals surface area contributed by atoms with Crippen molar-refractivity contribution in [3.63, 3.8) is 0 Å². The summed E-state index contributed by atoms with van der Waals surface area (Å²) < 4.78 is 0. The van der Waals surface area contributed by atoms with Gasteiger partial charge in [0.2, 0.25) is 0 Å². The van der Waals surface area contributed by atoms with E-state index in [1.807, 2.05) is 12.1 Å². The van der Waals surface area contributed by atoms with Crippen molar-refractivity contribution in [2.24, 2.45) is 0 Å². The first kappa shape index (κ1) is 20.9. The third-order valence-corrected chi connectivity index (χ3v) is 4.85. The fraction of sp³-hybridized carbons (Fsp3) is 0.450. The standard InChI is InChI=1S/C20H28N6S/c1-14-6-7-16-12-17(13-21)19(25-18(16)15(14)2)22-9-10-24-20(27)23-8-5-11-26(3)4/h6-7,12H,5,8-11H2,1-4H3,(H,22,25)(H2,23,24,27)/p+2. The van der Waals surface area contributed by atoms with Gasteiger partial charge in [-0.3, -0.25) is 5.32 Å². The molecule has 5 N–H and O–H groups in total. The number of pyridine rings is 1. The van der Waals surface area contributed by atoms with Crippen LogP contribution in [-0.2, 0) is 0 Å². The molecule has 0 bridgehead atoms. The molecule has 1 aromatic heterocycles. The van der Waals surface area contributed by atoms with Gasteiger partial charge >= 0.3 is 0 Å². The second-order valence-electron chi connectivity index (χ2n) is 7.06. The lowest BCUT2D eigenvalue weighted by molar-refractivity contribution is -0.858. The second kappa shape index (κ2) is 10.0. The second-order valence-corrected chi connectivity index (χ2v) is 7.47. The lowest BCUT2D eigenvalue weighted by atomic mass is 10.0. The molecule has 0 radical (unpaired) electrons. The minimum Gasteiger partial charge on any atom is -0.363 e. The molecule has 0 saturated heterocycles. The van der Waals surface area contributed by atoms with Crippen LogP contribution >= 0.6 is 12.2 Å². The van der Waals surface area contributed by atoms with Gasteiger partial charge in [-0.25, -0.2) is 4.98 Å². The molecule has 0 fully saturated rings. The molecule has 144 valence electrons. The first-order valence-electron chi connectivity index (χ1n) is 9.33. The zero-order valence-corrected chi connectivity index (χ0v) is 17.4. The van der Waals surface area contributed by atoms with Gasteiger partial charge in [0.15, 0.2) is 5.11 Å². The van der Waals surface area contributed by atoms with E-state index in [0.717, 1.165) is 36.2 Å². The monoisotopic (exact) mass is 386 g/mol. The van der Waals surface area contributed by atoms with E-state index in [1.54, 1.807) is 0 Å². The topological polar surface area (TPSA) is 78.5 Å². The Morgan fingerprint density at radius 1 is 1.19 bits per heavy atom. The number of aryl methyl sites for hydroxylation is 2. The Morgan fingerprint density at radius 2 is 1.93 bits per heavy atom. The number of rotatable bonds is 8. The molecular weight excluding hydrogens is 356 g/mol. The van der Waals surface area contributed by atoms with Crippen LogP contribution in [0.2, 0.25) is 0 Å². The molecule has 0 amide bonds. The van der Waals surface area contributed by atoms with E-state index in [4.69, 9.17) is 12.2 Å². The molecule has 0 spiro atoms. The molecule has 0 unspecified atom stereocenters. The van der Waals surface area contributed by atoms with Crippen molar-refractivity contribution in [3.8, 4) is 6.07 Å². The summed E-state index contributed by atoms with van der Waals surface area (Å²) >= 11 is 5.29. The van der Waals surface area contributed by atoms with E-state index < -0.39 is 0 Å². The number of fused-ring (bicyclic) bond motifs is 1. The van der Waals surface area contributed by atoms with Crippen LogP contribution in [0.5, 0.6) is 0 Å². The van der Waals surface area contributed by atoms with Gasteiger partial charge in [-0.05, 0) is 43.3 Å². The Hall–Kier alpha value is -2.43. The van der Waals surface area contributed by atoms with Crippen molar-refractivity contribution >= 4 is 34.1 Å². The van der Waals surface area contributed by atoms with Gasteiger partial charge in [-0.2, -0.15) is 5.26 Å². The van der Waals surface area contributed by atoms with Crippen LogP contribution in [0.4, 0.5) is 5.82 Å². The van der Waals surface area contributed by atoms with Crippen molar-refractivity contribution in [2.45, 2.75) is 20.3 Å². The van der Waals surface area contributed by atoms with E-state index in [2.05, 4.69) is 61.0 Å². The van der Waals surface area contributed by atoms with Crippen molar-refractivity contribution < 1.29 is 9.88 Å². The van der Waals surface area contributed by atoms with Crippen LogP contribution < -0.4 is 25.8 Å². The lowest BCUT2D eigenvalue weighted by Gasteiger charge is -2.11. The SMILES string of the molecule is Cc1ccc2cc(C#N)c(NCCNC(=S)NCCC[NH+](C)C)[nH+]c2c1C. The van der Waals surface area contributed by atoms with Crippen LogP contribution in [0, 0.1) is 25.2 Å². The van der Waals surface area contributed by atoms with Crippen LogP contribution in [0.3, 0.4) is 0 Å². The maximum Gasteiger partial charge on any atom is 0.290 e. The molecule has 27 heavy (non-hydrogen) atoms. The number of anilines is 1. The predicted molar refractivity (Wildman–Crippen MR) is 114 cm³/mol. The van der Waals surface area contributed by atoms with Crippen LogP contribution in [0.25, 0.3) is 10.9 Å². The van der Waals surface area contributed by atoms with Gasteiger partial charge < -0.3 is 15.5 Å². The number of nitrogens with one attached hydrogen (secondary N) is 5. The van der Waals surface area contributed by atoms with Gasteiger partial charge in [0.1, 0.15) is 23.7 Å². The van der Waals surface area contributed by atoms with Crippen molar-refractivity contribution in [3.05, 3.63) is 34.9 Å². The number of hydrogen-bond donors (Lipinski definition) is 4. The average molecular weight is 387 g/mol. The summed E-state index contributed by atoms with van der Waals surface area (Å²) in [5, 5.41) is 20.9. The summed E-state index contributed by atoms with van der Waals surface area (Å²) in [6.45, 7) is 7.50. The van der Waals surface area contributed by atoms with E-state index in [0.29, 0.717) is 23.8 Å². The van der Waals surface area contributed by atoms with E-state index >= 15 is 0 Å². The Labute approximate surface area is 167 Å². The van der Waals surface area contributed by atoms with Gasteiger partial charge in [0, 0.05) is 18.4 Å². The number of aromatic amines is 1. The number of nitriles is 1. The molecule has 0 saturated carbocycles. The highest BCUT2D eigenvalue weighted by atomic mass is 32.1. The van der Waals surface area contributed by atoms with E-state index in [-0.39, 0.29) is 0 Å². The fourth-order valence-corrected chi connectivity index (χ4v) is 3.04. The normalized spacial score (nSPS) is 10.7. The first-order valence-corrected chi connectivity index (χ1v) is 9.74. The Kier molecular flexibility index (Phi) is 7.77. The fourth-order valence-electron chi connectivity index (χ4n) is 2.84. The molecule has 1 aromatic carbocycles. The Balaban J connectivity index is 1.88. The highest BCUT2D eigenvalue weighted by Gasteiger charge is 2.14. The number of benzene rings is 1. The molecule has 0 aliphatic carbocycles. The molecule has 0 atom stereocenters. The van der Waals surface area contributed by atoms with Crippen molar-refractivity contribution in [1.29, 1.82) is 5.26 Å². The summed E-state index contributed by atoms with van der Waals surface area (Å²) in [7, 11) is 4.29. The largest absolute Gasteiger partial charge is 0.363 e. The van der Waals surface area contributed by atoms with Crippen molar-refractivity contribution in [2.75, 3.05) is 45.6 Å². The predicted octanol–water partition coefficient (Wildman–Crippen LogP) is 0.553. The molecule has 0 aliphatic heterocycles. The van der Waals surface area contributed by atoms with E-state index in [1.165, 1.54) is 16.0 Å². The molecule has 0 aliphatic rings.